The summed E-state index contributed by atoms with van der Waals surface area (Å²) in [6.45, 7) is 3.12. The van der Waals surface area contributed by atoms with Crippen LogP contribution >= 0.6 is 0 Å². The van der Waals surface area contributed by atoms with Gasteiger partial charge in [0.25, 0.3) is 0 Å². The molecule has 1 fully saturated rings. The fraction of sp³-hybridized carbons (Fsp3) is 0.455. The van der Waals surface area contributed by atoms with Crippen molar-refractivity contribution in [1.82, 2.24) is 0 Å². The molecule has 1 aromatic carbocycles. The Hall–Kier alpha value is -0.930. The fourth-order valence-electron chi connectivity index (χ4n) is 1.81. The molecule has 1 atom stereocenters. The molecule has 1 unspecified atom stereocenters. The molecule has 1 saturated heterocycles. The zero-order valence-corrected chi connectivity index (χ0v) is 8.16. The lowest BCUT2D eigenvalue weighted by atomic mass is 9.73. The van der Waals surface area contributed by atoms with Gasteiger partial charge in [0.05, 0.1) is 18.6 Å². The molecule has 0 radical (unpaired) electrons. The first-order valence-electron chi connectivity index (χ1n) is 4.74. The van der Waals surface area contributed by atoms with E-state index in [1.807, 2.05) is 13.0 Å². The van der Waals surface area contributed by atoms with E-state index < -0.39 is 0 Å². The van der Waals surface area contributed by atoms with E-state index in [9.17, 15) is 4.39 Å². The number of nitrogens with two attached hydrogens (primary N) is 1. The summed E-state index contributed by atoms with van der Waals surface area (Å²) in [6.07, 6.45) is 0. The van der Waals surface area contributed by atoms with Crippen molar-refractivity contribution in [2.75, 3.05) is 13.2 Å². The first-order chi connectivity index (χ1) is 6.65. The molecule has 1 aliphatic heterocycles. The maximum absolute atomic E-state index is 13.0. The fourth-order valence-corrected chi connectivity index (χ4v) is 1.81. The van der Waals surface area contributed by atoms with Crippen LogP contribution in [0.5, 0.6) is 0 Å². The Morgan fingerprint density at radius 2 is 2.21 bits per heavy atom. The van der Waals surface area contributed by atoms with Crippen molar-refractivity contribution in [2.45, 2.75) is 18.4 Å². The number of halogens is 1. The zero-order valence-electron chi connectivity index (χ0n) is 8.16. The van der Waals surface area contributed by atoms with E-state index in [1.165, 1.54) is 6.07 Å². The summed E-state index contributed by atoms with van der Waals surface area (Å²) >= 11 is 0. The Labute approximate surface area is 82.9 Å². The van der Waals surface area contributed by atoms with E-state index in [4.69, 9.17) is 10.5 Å². The SMILES string of the molecule is CC(N)C1(c2cccc(F)c2)COC1. The van der Waals surface area contributed by atoms with Gasteiger partial charge in [0.2, 0.25) is 0 Å². The Bertz CT molecular complexity index is 334. The lowest BCUT2D eigenvalue weighted by molar-refractivity contribution is -0.0702. The largest absolute Gasteiger partial charge is 0.379 e. The lowest BCUT2D eigenvalue weighted by Gasteiger charge is -2.45. The molecule has 0 aromatic heterocycles. The summed E-state index contributed by atoms with van der Waals surface area (Å²) in [4.78, 5) is 0. The van der Waals surface area contributed by atoms with Crippen molar-refractivity contribution in [3.63, 3.8) is 0 Å². The van der Waals surface area contributed by atoms with E-state index in [0.29, 0.717) is 13.2 Å². The standard InChI is InChI=1S/C11H14FNO/c1-8(13)11(6-14-7-11)9-3-2-4-10(12)5-9/h2-5,8H,6-7,13H2,1H3. The van der Waals surface area contributed by atoms with Crippen molar-refractivity contribution >= 4 is 0 Å². The van der Waals surface area contributed by atoms with Gasteiger partial charge in [-0.25, -0.2) is 4.39 Å². The Morgan fingerprint density at radius 1 is 1.50 bits per heavy atom. The van der Waals surface area contributed by atoms with Gasteiger partial charge in [-0.2, -0.15) is 0 Å². The monoisotopic (exact) mass is 195 g/mol. The zero-order chi connectivity index (χ0) is 10.2. The van der Waals surface area contributed by atoms with E-state index >= 15 is 0 Å². The van der Waals surface area contributed by atoms with Crippen LogP contribution in [0.3, 0.4) is 0 Å². The van der Waals surface area contributed by atoms with Gasteiger partial charge in [0, 0.05) is 6.04 Å². The second-order valence-electron chi connectivity index (χ2n) is 3.95. The summed E-state index contributed by atoms with van der Waals surface area (Å²) in [5.74, 6) is -0.213. The molecule has 2 nitrogen and oxygen atoms in total. The van der Waals surface area contributed by atoms with Crippen LogP contribution in [-0.4, -0.2) is 19.3 Å². The molecule has 14 heavy (non-hydrogen) atoms. The predicted molar refractivity (Wildman–Crippen MR) is 52.5 cm³/mol. The average Bonchev–Trinajstić information content (AvgIpc) is 2.00. The summed E-state index contributed by atoms with van der Waals surface area (Å²) in [6, 6.07) is 6.60. The van der Waals surface area contributed by atoms with Gasteiger partial charge in [-0.15, -0.1) is 0 Å². The highest BCUT2D eigenvalue weighted by Gasteiger charge is 2.43. The maximum atomic E-state index is 13.0. The van der Waals surface area contributed by atoms with Crippen LogP contribution in [0, 0.1) is 5.82 Å². The summed E-state index contributed by atoms with van der Waals surface area (Å²) in [7, 11) is 0. The molecule has 3 heteroatoms. The Morgan fingerprint density at radius 3 is 2.64 bits per heavy atom. The van der Waals surface area contributed by atoms with Gasteiger partial charge < -0.3 is 10.5 Å². The molecule has 76 valence electrons. The third-order valence-electron chi connectivity index (χ3n) is 2.99. The molecule has 0 bridgehead atoms. The minimum atomic E-state index is -0.213. The van der Waals surface area contributed by atoms with Crippen LogP contribution in [0.4, 0.5) is 4.39 Å². The van der Waals surface area contributed by atoms with Gasteiger partial charge in [-0.1, -0.05) is 12.1 Å². The molecule has 0 amide bonds. The molecule has 1 aromatic rings. The van der Waals surface area contributed by atoms with Crippen molar-refractivity contribution in [2.24, 2.45) is 5.73 Å². The van der Waals surface area contributed by atoms with Gasteiger partial charge in [-0.3, -0.25) is 0 Å². The molecule has 0 saturated carbocycles. The van der Waals surface area contributed by atoms with Crippen LogP contribution in [0.1, 0.15) is 12.5 Å². The summed E-state index contributed by atoms with van der Waals surface area (Å²) in [5, 5.41) is 0. The van der Waals surface area contributed by atoms with Gasteiger partial charge in [0.15, 0.2) is 0 Å². The van der Waals surface area contributed by atoms with E-state index in [0.717, 1.165) is 5.56 Å². The highest BCUT2D eigenvalue weighted by molar-refractivity contribution is 5.30. The van der Waals surface area contributed by atoms with Gasteiger partial charge in [0.1, 0.15) is 5.82 Å². The first-order valence-corrected chi connectivity index (χ1v) is 4.74. The second-order valence-corrected chi connectivity index (χ2v) is 3.95. The van der Waals surface area contributed by atoms with Crippen LogP contribution < -0.4 is 5.73 Å². The topological polar surface area (TPSA) is 35.2 Å². The predicted octanol–water partition coefficient (Wildman–Crippen LogP) is 1.44. The number of hydrogen-bond acceptors (Lipinski definition) is 2. The molecule has 2 N–H and O–H groups in total. The normalized spacial score (nSPS) is 21.4. The van der Waals surface area contributed by atoms with Crippen LogP contribution in [-0.2, 0) is 10.2 Å². The molecule has 2 rings (SSSR count). The van der Waals surface area contributed by atoms with Crippen LogP contribution in [0.15, 0.2) is 24.3 Å². The van der Waals surface area contributed by atoms with E-state index in [-0.39, 0.29) is 17.3 Å². The number of ether oxygens (including phenoxy) is 1. The quantitative estimate of drug-likeness (QED) is 0.775. The van der Waals surface area contributed by atoms with Crippen molar-refractivity contribution in [3.05, 3.63) is 35.6 Å². The smallest absolute Gasteiger partial charge is 0.123 e. The van der Waals surface area contributed by atoms with Crippen LogP contribution in [0.2, 0.25) is 0 Å². The highest BCUT2D eigenvalue weighted by atomic mass is 19.1. The summed E-state index contributed by atoms with van der Waals surface area (Å²) < 4.78 is 18.2. The maximum Gasteiger partial charge on any atom is 0.123 e. The van der Waals surface area contributed by atoms with Gasteiger partial charge >= 0.3 is 0 Å². The Kier molecular flexibility index (Phi) is 2.29. The van der Waals surface area contributed by atoms with Gasteiger partial charge in [-0.05, 0) is 24.6 Å². The summed E-state index contributed by atoms with van der Waals surface area (Å²) in [5.41, 5.74) is 6.68. The number of hydrogen-bond donors (Lipinski definition) is 1. The molecule has 1 heterocycles. The van der Waals surface area contributed by atoms with Crippen molar-refractivity contribution in [3.8, 4) is 0 Å². The third kappa shape index (κ3) is 1.33. The highest BCUT2D eigenvalue weighted by Crippen LogP contribution is 2.34. The molecule has 1 aliphatic rings. The molecule has 0 aliphatic carbocycles. The second kappa shape index (κ2) is 3.33. The number of rotatable bonds is 2. The van der Waals surface area contributed by atoms with E-state index in [2.05, 4.69) is 0 Å². The minimum Gasteiger partial charge on any atom is -0.379 e. The van der Waals surface area contributed by atoms with E-state index in [1.54, 1.807) is 12.1 Å². The Balaban J connectivity index is 2.37. The van der Waals surface area contributed by atoms with Crippen LogP contribution in [0.25, 0.3) is 0 Å². The molecular formula is C11H14FNO. The third-order valence-corrected chi connectivity index (χ3v) is 2.99. The average molecular weight is 195 g/mol. The molecule has 0 spiro atoms. The van der Waals surface area contributed by atoms with Crippen molar-refractivity contribution < 1.29 is 9.13 Å². The molecular weight excluding hydrogens is 181 g/mol. The van der Waals surface area contributed by atoms with Crippen molar-refractivity contribution in [1.29, 1.82) is 0 Å². The lowest BCUT2D eigenvalue weighted by Crippen LogP contribution is -2.57. The minimum absolute atomic E-state index is 0.0157. The number of benzene rings is 1. The first kappa shape index (κ1) is 9.62.